The third-order valence-electron chi connectivity index (χ3n) is 4.99. The number of rotatable bonds is 6. The van der Waals surface area contributed by atoms with E-state index in [4.69, 9.17) is 4.74 Å². The quantitative estimate of drug-likeness (QED) is 0.476. The Balaban J connectivity index is 1.52. The van der Waals surface area contributed by atoms with Crippen LogP contribution >= 0.6 is 0 Å². The highest BCUT2D eigenvalue weighted by molar-refractivity contribution is 7.92. The number of ether oxygens (including phenoxy) is 1. The minimum Gasteiger partial charge on any atom is -0.439 e. The van der Waals surface area contributed by atoms with E-state index in [-0.39, 0.29) is 5.03 Å². The summed E-state index contributed by atoms with van der Waals surface area (Å²) in [5, 5.41) is -0.0353. The largest absolute Gasteiger partial charge is 0.439 e. The van der Waals surface area contributed by atoms with Crippen molar-refractivity contribution in [3.63, 3.8) is 0 Å². The fraction of sp³-hybridized carbons (Fsp3) is 0.238. The molecular weight excluding hydrogens is 430 g/mol. The van der Waals surface area contributed by atoms with Crippen LogP contribution in [0.3, 0.4) is 0 Å². The van der Waals surface area contributed by atoms with Gasteiger partial charge in [-0.05, 0) is 52.0 Å². The first-order valence-corrected chi connectivity index (χ1v) is 11.3. The normalized spacial score (nSPS) is 11.5. The van der Waals surface area contributed by atoms with Crippen LogP contribution in [0.4, 0.5) is 5.69 Å². The lowest BCUT2D eigenvalue weighted by atomic mass is 10.3. The van der Waals surface area contributed by atoms with Gasteiger partial charge < -0.3 is 9.30 Å². The highest BCUT2D eigenvalue weighted by Gasteiger charge is 2.18. The van der Waals surface area contributed by atoms with Crippen LogP contribution in [0.25, 0.3) is 5.82 Å². The molecule has 0 radical (unpaired) electrons. The number of anilines is 1. The summed E-state index contributed by atoms with van der Waals surface area (Å²) in [6, 6.07) is 8.26. The molecule has 10 nitrogen and oxygen atoms in total. The summed E-state index contributed by atoms with van der Waals surface area (Å²) >= 11 is 0. The maximum Gasteiger partial charge on any atom is 0.280 e. The fourth-order valence-corrected chi connectivity index (χ4v) is 4.11. The van der Waals surface area contributed by atoms with Crippen molar-refractivity contribution in [3.05, 3.63) is 65.9 Å². The second kappa shape index (κ2) is 8.08. The van der Waals surface area contributed by atoms with Crippen LogP contribution < -0.4 is 9.46 Å². The van der Waals surface area contributed by atoms with E-state index in [9.17, 15) is 8.42 Å². The summed E-state index contributed by atoms with van der Waals surface area (Å²) in [4.78, 5) is 17.2. The zero-order valence-electron chi connectivity index (χ0n) is 18.4. The van der Waals surface area contributed by atoms with Crippen LogP contribution in [0.15, 0.2) is 47.9 Å². The van der Waals surface area contributed by atoms with Crippen molar-refractivity contribution >= 4 is 15.7 Å². The second-order valence-corrected chi connectivity index (χ2v) is 9.00. The molecule has 1 aromatic carbocycles. The molecule has 0 spiro atoms. The average Bonchev–Trinajstić information content (AvgIpc) is 3.25. The molecule has 3 heterocycles. The second-order valence-electron chi connectivity index (χ2n) is 7.37. The molecule has 0 aliphatic heterocycles. The maximum atomic E-state index is 12.5. The van der Waals surface area contributed by atoms with Gasteiger partial charge in [0.15, 0.2) is 5.03 Å². The zero-order chi connectivity index (χ0) is 23.0. The fourth-order valence-electron chi connectivity index (χ4n) is 3.01. The van der Waals surface area contributed by atoms with E-state index in [1.54, 1.807) is 62.1 Å². The predicted octanol–water partition coefficient (Wildman–Crippen LogP) is 3.22. The van der Waals surface area contributed by atoms with E-state index >= 15 is 0 Å². The highest BCUT2D eigenvalue weighted by Crippen LogP contribution is 2.25. The lowest BCUT2D eigenvalue weighted by Gasteiger charge is -2.10. The molecule has 0 saturated heterocycles. The molecule has 0 bridgehead atoms. The van der Waals surface area contributed by atoms with Gasteiger partial charge in [-0.3, -0.25) is 9.29 Å². The van der Waals surface area contributed by atoms with Crippen molar-refractivity contribution in [1.29, 1.82) is 0 Å². The average molecular weight is 454 g/mol. The summed E-state index contributed by atoms with van der Waals surface area (Å²) in [6.07, 6.45) is 3.17. The van der Waals surface area contributed by atoms with E-state index in [2.05, 4.69) is 24.7 Å². The first-order chi connectivity index (χ1) is 15.1. The van der Waals surface area contributed by atoms with Gasteiger partial charge in [0.2, 0.25) is 5.88 Å². The van der Waals surface area contributed by atoms with Gasteiger partial charge in [0.05, 0.1) is 5.69 Å². The standard InChI is InChI=1S/C21H23N7O3S/c1-13-14(2)28(12-22-13)19-10-20(24-15(3)23-19)31-18-8-6-17(7-9-18)26-32(29,30)21-11-27(5)16(4)25-21/h6-12,26H,1-5H3. The molecule has 32 heavy (non-hydrogen) atoms. The first-order valence-electron chi connectivity index (χ1n) is 9.80. The lowest BCUT2D eigenvalue weighted by molar-refractivity contribution is 0.459. The van der Waals surface area contributed by atoms with Crippen molar-refractivity contribution in [1.82, 2.24) is 29.1 Å². The lowest BCUT2D eigenvalue weighted by Crippen LogP contribution is -2.13. The van der Waals surface area contributed by atoms with E-state index in [1.165, 1.54) is 6.20 Å². The smallest absolute Gasteiger partial charge is 0.280 e. The van der Waals surface area contributed by atoms with E-state index < -0.39 is 10.0 Å². The van der Waals surface area contributed by atoms with Gasteiger partial charge in [-0.1, -0.05) is 0 Å². The van der Waals surface area contributed by atoms with Gasteiger partial charge in [-0.25, -0.2) is 15.0 Å². The number of hydrogen-bond donors (Lipinski definition) is 1. The Hall–Kier alpha value is -3.73. The molecule has 0 atom stereocenters. The van der Waals surface area contributed by atoms with Crippen LogP contribution in [0.1, 0.15) is 23.0 Å². The van der Waals surface area contributed by atoms with Crippen LogP contribution in [0.5, 0.6) is 11.6 Å². The number of aryl methyl sites for hydroxylation is 4. The molecule has 1 N–H and O–H groups in total. The number of benzene rings is 1. The Labute approximate surface area is 186 Å². The highest BCUT2D eigenvalue weighted by atomic mass is 32.2. The first kappa shape index (κ1) is 21.5. The molecule has 0 aliphatic carbocycles. The molecule has 0 fully saturated rings. The van der Waals surface area contributed by atoms with Crippen LogP contribution in [0.2, 0.25) is 0 Å². The Bertz CT molecular complexity index is 1370. The summed E-state index contributed by atoms with van der Waals surface area (Å²) in [7, 11) is -2.04. The van der Waals surface area contributed by atoms with Gasteiger partial charge in [0, 0.05) is 30.7 Å². The van der Waals surface area contributed by atoms with Crippen molar-refractivity contribution < 1.29 is 13.2 Å². The van der Waals surface area contributed by atoms with Gasteiger partial charge in [-0.2, -0.15) is 13.4 Å². The van der Waals surface area contributed by atoms with Crippen LogP contribution in [0, 0.1) is 27.7 Å². The summed E-state index contributed by atoms with van der Waals surface area (Å²) in [6.45, 7) is 7.42. The molecule has 0 amide bonds. The molecule has 0 unspecified atom stereocenters. The minimum absolute atomic E-state index is 0.0353. The SMILES string of the molecule is Cc1nc(Oc2ccc(NS(=O)(=O)c3cn(C)c(C)n3)cc2)cc(-n2cnc(C)c2C)n1. The molecule has 0 aliphatic rings. The number of sulfonamides is 1. The monoisotopic (exact) mass is 453 g/mol. The number of hydrogen-bond acceptors (Lipinski definition) is 7. The van der Waals surface area contributed by atoms with Gasteiger partial charge in [0.1, 0.15) is 29.5 Å². The number of aromatic nitrogens is 6. The predicted molar refractivity (Wildman–Crippen MR) is 119 cm³/mol. The van der Waals surface area contributed by atoms with Crippen LogP contribution in [-0.2, 0) is 17.1 Å². The number of imidazole rings is 2. The molecule has 11 heteroatoms. The Morgan fingerprint density at radius 2 is 1.72 bits per heavy atom. The molecule has 4 rings (SSSR count). The molecule has 3 aromatic heterocycles. The topological polar surface area (TPSA) is 117 Å². The third-order valence-corrected chi connectivity index (χ3v) is 6.24. The van der Waals surface area contributed by atoms with Crippen molar-refractivity contribution in [3.8, 4) is 17.4 Å². The molecule has 0 saturated carbocycles. The molecule has 166 valence electrons. The Morgan fingerprint density at radius 1 is 1.00 bits per heavy atom. The molecular formula is C21H23N7O3S. The van der Waals surface area contributed by atoms with Gasteiger partial charge in [0.25, 0.3) is 10.0 Å². The van der Waals surface area contributed by atoms with Crippen molar-refractivity contribution in [2.75, 3.05) is 4.72 Å². The minimum atomic E-state index is -3.78. The van der Waals surface area contributed by atoms with Crippen molar-refractivity contribution in [2.24, 2.45) is 7.05 Å². The van der Waals surface area contributed by atoms with E-state index in [1.807, 2.05) is 18.4 Å². The Kier molecular flexibility index (Phi) is 5.43. The maximum absolute atomic E-state index is 12.5. The summed E-state index contributed by atoms with van der Waals surface area (Å²) < 4.78 is 37.0. The molecule has 4 aromatic rings. The zero-order valence-corrected chi connectivity index (χ0v) is 19.2. The van der Waals surface area contributed by atoms with Crippen molar-refractivity contribution in [2.45, 2.75) is 32.7 Å². The van der Waals surface area contributed by atoms with Gasteiger partial charge in [-0.15, -0.1) is 0 Å². The van der Waals surface area contributed by atoms with E-state index in [0.717, 1.165) is 11.4 Å². The summed E-state index contributed by atoms with van der Waals surface area (Å²) in [5.74, 6) is 2.69. The number of nitrogens with one attached hydrogen (secondary N) is 1. The van der Waals surface area contributed by atoms with Gasteiger partial charge >= 0.3 is 0 Å². The van der Waals surface area contributed by atoms with E-state index in [0.29, 0.717) is 34.8 Å². The summed E-state index contributed by atoms with van der Waals surface area (Å²) in [5.41, 5.74) is 2.29. The van der Waals surface area contributed by atoms with Crippen LogP contribution in [-0.4, -0.2) is 37.5 Å². The Morgan fingerprint density at radius 3 is 2.31 bits per heavy atom. The number of nitrogens with zero attached hydrogens (tertiary/aromatic N) is 6. The third kappa shape index (κ3) is 4.33.